The van der Waals surface area contributed by atoms with Gasteiger partial charge in [0.2, 0.25) is 0 Å². The minimum atomic E-state index is -1.10. The molecule has 1 fully saturated rings. The number of alkyl halides is 1. The minimum Gasteiger partial charge on any atom is -0.394 e. The lowest BCUT2D eigenvalue weighted by molar-refractivity contribution is -0.00869. The van der Waals surface area contributed by atoms with Crippen LogP contribution in [0.25, 0.3) is 0 Å². The van der Waals surface area contributed by atoms with E-state index < -0.39 is 23.9 Å². The van der Waals surface area contributed by atoms with Crippen molar-refractivity contribution >= 4 is 11.6 Å². The fourth-order valence-corrected chi connectivity index (χ4v) is 1.14. The highest BCUT2D eigenvalue weighted by molar-refractivity contribution is 6.20. The number of halogens is 1. The molecule has 4 atom stereocenters. The van der Waals surface area contributed by atoms with Gasteiger partial charge >= 0.3 is 0 Å². The molecule has 1 saturated heterocycles. The third-order valence-corrected chi connectivity index (χ3v) is 1.85. The lowest BCUT2D eigenvalue weighted by Gasteiger charge is -2.09. The monoisotopic (exact) mass is 168 g/mol. The van der Waals surface area contributed by atoms with Gasteiger partial charge in [0, 0.05) is 0 Å². The van der Waals surface area contributed by atoms with Crippen LogP contribution in [-0.4, -0.2) is 45.8 Å². The highest BCUT2D eigenvalue weighted by Gasteiger charge is 2.40. The highest BCUT2D eigenvalue weighted by atomic mass is 35.5. The molecular weight excluding hydrogens is 160 g/mol. The molecule has 0 amide bonds. The van der Waals surface area contributed by atoms with E-state index in [2.05, 4.69) is 0 Å². The predicted molar refractivity (Wildman–Crippen MR) is 33.6 cm³/mol. The number of ether oxygens (including phenoxy) is 1. The number of hydrogen-bond acceptors (Lipinski definition) is 4. The first kappa shape index (κ1) is 8.23. The molecule has 0 radical (unpaired) electrons. The van der Waals surface area contributed by atoms with Crippen molar-refractivity contribution < 1.29 is 20.1 Å². The van der Waals surface area contributed by atoms with Crippen LogP contribution in [0.5, 0.6) is 0 Å². The van der Waals surface area contributed by atoms with E-state index in [-0.39, 0.29) is 6.61 Å². The van der Waals surface area contributed by atoms with Gasteiger partial charge in [-0.15, -0.1) is 0 Å². The van der Waals surface area contributed by atoms with E-state index in [0.29, 0.717) is 0 Å². The highest BCUT2D eigenvalue weighted by Crippen LogP contribution is 2.23. The van der Waals surface area contributed by atoms with Crippen LogP contribution in [0, 0.1) is 0 Å². The van der Waals surface area contributed by atoms with E-state index in [9.17, 15) is 0 Å². The average molecular weight is 169 g/mol. The molecule has 1 aliphatic heterocycles. The SMILES string of the molecule is OCC1OC(Cl)[C@@H](O)[C@H]1O. The maximum atomic E-state index is 9.01. The summed E-state index contributed by atoms with van der Waals surface area (Å²) in [6, 6.07) is 0. The zero-order valence-electron chi connectivity index (χ0n) is 5.14. The molecule has 2 unspecified atom stereocenters. The smallest absolute Gasteiger partial charge is 0.160 e. The van der Waals surface area contributed by atoms with Crippen molar-refractivity contribution in [3.05, 3.63) is 0 Å². The number of rotatable bonds is 1. The Kier molecular flexibility index (Phi) is 2.49. The van der Waals surface area contributed by atoms with Crippen molar-refractivity contribution in [3.8, 4) is 0 Å². The van der Waals surface area contributed by atoms with Crippen LogP contribution in [0.2, 0.25) is 0 Å². The second kappa shape index (κ2) is 3.02. The van der Waals surface area contributed by atoms with E-state index in [4.69, 9.17) is 31.7 Å². The van der Waals surface area contributed by atoms with Crippen molar-refractivity contribution in [2.24, 2.45) is 0 Å². The zero-order chi connectivity index (χ0) is 7.72. The molecule has 0 aromatic carbocycles. The molecule has 5 heteroatoms. The molecule has 0 aromatic heterocycles. The summed E-state index contributed by atoms with van der Waals surface area (Å²) in [6.45, 7) is -0.332. The van der Waals surface area contributed by atoms with Crippen molar-refractivity contribution in [2.75, 3.05) is 6.61 Å². The Morgan fingerprint density at radius 2 is 1.90 bits per heavy atom. The first-order chi connectivity index (χ1) is 4.66. The Labute approximate surface area is 63.0 Å². The Hall–Kier alpha value is 0.130. The van der Waals surface area contributed by atoms with Gasteiger partial charge in [-0.2, -0.15) is 0 Å². The summed E-state index contributed by atoms with van der Waals surface area (Å²) in [7, 11) is 0. The van der Waals surface area contributed by atoms with Crippen molar-refractivity contribution in [1.82, 2.24) is 0 Å². The molecule has 60 valence electrons. The molecule has 4 nitrogen and oxygen atoms in total. The van der Waals surface area contributed by atoms with Crippen molar-refractivity contribution in [2.45, 2.75) is 23.9 Å². The van der Waals surface area contributed by atoms with E-state index in [1.54, 1.807) is 0 Å². The van der Waals surface area contributed by atoms with Gasteiger partial charge in [-0.05, 0) is 0 Å². The molecule has 0 bridgehead atoms. The van der Waals surface area contributed by atoms with E-state index in [1.807, 2.05) is 0 Å². The van der Waals surface area contributed by atoms with Gasteiger partial charge in [0.1, 0.15) is 18.3 Å². The molecule has 0 spiro atoms. The standard InChI is InChI=1S/C5H9ClO4/c6-5-4(9)3(8)2(1-7)10-5/h2-5,7-9H,1H2/t2?,3-,4-,5?/m0/s1. The second-order valence-electron chi connectivity index (χ2n) is 2.19. The van der Waals surface area contributed by atoms with Crippen LogP contribution in [0.15, 0.2) is 0 Å². The van der Waals surface area contributed by atoms with Gasteiger partial charge in [-0.25, -0.2) is 0 Å². The summed E-state index contributed by atoms with van der Waals surface area (Å²) in [4.78, 5) is 0. The van der Waals surface area contributed by atoms with Gasteiger partial charge in [-0.3, -0.25) is 0 Å². The van der Waals surface area contributed by atoms with Crippen LogP contribution >= 0.6 is 11.6 Å². The topological polar surface area (TPSA) is 69.9 Å². The Morgan fingerprint density at radius 1 is 1.30 bits per heavy atom. The van der Waals surface area contributed by atoms with Crippen molar-refractivity contribution in [1.29, 1.82) is 0 Å². The second-order valence-corrected chi connectivity index (χ2v) is 2.62. The predicted octanol–water partition coefficient (Wildman–Crippen LogP) is -1.34. The van der Waals surface area contributed by atoms with Crippen LogP contribution in [0.1, 0.15) is 0 Å². The summed E-state index contributed by atoms with van der Waals surface area (Å²) in [6.07, 6.45) is -2.93. The van der Waals surface area contributed by atoms with Crippen LogP contribution in [0.3, 0.4) is 0 Å². The molecule has 0 aliphatic carbocycles. The third-order valence-electron chi connectivity index (χ3n) is 1.48. The molecular formula is C5H9ClO4. The van der Waals surface area contributed by atoms with Crippen LogP contribution < -0.4 is 0 Å². The normalized spacial score (nSPS) is 48.0. The maximum absolute atomic E-state index is 9.01. The quantitative estimate of drug-likeness (QED) is 0.424. The van der Waals surface area contributed by atoms with Gasteiger partial charge < -0.3 is 20.1 Å². The molecule has 0 saturated carbocycles. The van der Waals surface area contributed by atoms with Gasteiger partial charge in [0.05, 0.1) is 6.61 Å². The first-order valence-electron chi connectivity index (χ1n) is 2.93. The van der Waals surface area contributed by atoms with E-state index >= 15 is 0 Å². The Balaban J connectivity index is 2.53. The van der Waals surface area contributed by atoms with Gasteiger partial charge in [0.15, 0.2) is 5.56 Å². The summed E-state index contributed by atoms with van der Waals surface area (Å²) in [5, 5.41) is 26.5. The lowest BCUT2D eigenvalue weighted by atomic mass is 10.2. The van der Waals surface area contributed by atoms with Crippen molar-refractivity contribution in [3.63, 3.8) is 0 Å². The van der Waals surface area contributed by atoms with Gasteiger partial charge in [0.25, 0.3) is 0 Å². The Bertz CT molecular complexity index is 120. The first-order valence-corrected chi connectivity index (χ1v) is 3.37. The van der Waals surface area contributed by atoms with Crippen LogP contribution in [-0.2, 0) is 4.74 Å². The molecule has 1 aliphatic rings. The fraction of sp³-hybridized carbons (Fsp3) is 1.00. The lowest BCUT2D eigenvalue weighted by Crippen LogP contribution is -2.32. The molecule has 0 aromatic rings. The van der Waals surface area contributed by atoms with Gasteiger partial charge in [-0.1, -0.05) is 11.6 Å². The van der Waals surface area contributed by atoms with E-state index in [0.717, 1.165) is 0 Å². The minimum absolute atomic E-state index is 0.332. The molecule has 10 heavy (non-hydrogen) atoms. The third kappa shape index (κ3) is 1.26. The fourth-order valence-electron chi connectivity index (χ4n) is 0.854. The number of aliphatic hydroxyl groups excluding tert-OH is 3. The van der Waals surface area contributed by atoms with E-state index in [1.165, 1.54) is 0 Å². The molecule has 1 rings (SSSR count). The van der Waals surface area contributed by atoms with Crippen LogP contribution in [0.4, 0.5) is 0 Å². The summed E-state index contributed by atoms with van der Waals surface area (Å²) in [5.74, 6) is 0. The summed E-state index contributed by atoms with van der Waals surface area (Å²) < 4.78 is 4.75. The largest absolute Gasteiger partial charge is 0.394 e. The molecule has 3 N–H and O–H groups in total. The number of hydrogen-bond donors (Lipinski definition) is 3. The Morgan fingerprint density at radius 3 is 2.10 bits per heavy atom. The summed E-state index contributed by atoms with van der Waals surface area (Å²) >= 11 is 5.39. The molecule has 1 heterocycles. The zero-order valence-corrected chi connectivity index (χ0v) is 5.90. The maximum Gasteiger partial charge on any atom is 0.160 e. The average Bonchev–Trinajstić information content (AvgIpc) is 2.17. The summed E-state index contributed by atoms with van der Waals surface area (Å²) in [5.41, 5.74) is -0.910. The number of aliphatic hydroxyl groups is 3.